The van der Waals surface area contributed by atoms with E-state index in [4.69, 9.17) is 4.52 Å². The van der Waals surface area contributed by atoms with Crippen molar-refractivity contribution in [3.05, 3.63) is 17.5 Å². The summed E-state index contributed by atoms with van der Waals surface area (Å²) in [6.07, 6.45) is 3.99. The van der Waals surface area contributed by atoms with E-state index in [0.29, 0.717) is 12.0 Å². The summed E-state index contributed by atoms with van der Waals surface area (Å²) in [7, 11) is 0. The maximum Gasteiger partial charge on any atom is 0.150 e. The molecule has 0 aromatic carbocycles. The zero-order valence-electron chi connectivity index (χ0n) is 8.92. The highest BCUT2D eigenvalue weighted by Gasteiger charge is 2.17. The van der Waals surface area contributed by atoms with E-state index in [1.54, 1.807) is 0 Å². The molecule has 2 rings (SSSR count). The minimum absolute atomic E-state index is 0.455. The number of aromatic nitrogens is 1. The Kier molecular flexibility index (Phi) is 2.87. The fraction of sp³-hybridized carbons (Fsp3) is 0.727. The molecular formula is C11H18N2O. The van der Waals surface area contributed by atoms with E-state index >= 15 is 0 Å². The van der Waals surface area contributed by atoms with Gasteiger partial charge in [0.2, 0.25) is 0 Å². The molecule has 1 saturated carbocycles. The first-order valence-electron chi connectivity index (χ1n) is 5.44. The van der Waals surface area contributed by atoms with Crippen LogP contribution in [0.3, 0.4) is 0 Å². The first-order valence-corrected chi connectivity index (χ1v) is 5.44. The van der Waals surface area contributed by atoms with Crippen LogP contribution in [0.5, 0.6) is 0 Å². The van der Waals surface area contributed by atoms with Crippen LogP contribution in [0.25, 0.3) is 0 Å². The number of rotatable bonds is 4. The van der Waals surface area contributed by atoms with Crippen LogP contribution < -0.4 is 5.32 Å². The van der Waals surface area contributed by atoms with Gasteiger partial charge in [-0.1, -0.05) is 25.4 Å². The second-order valence-electron chi connectivity index (χ2n) is 4.38. The Morgan fingerprint density at radius 2 is 2.36 bits per heavy atom. The van der Waals surface area contributed by atoms with Crippen molar-refractivity contribution < 1.29 is 4.52 Å². The monoisotopic (exact) mass is 194 g/mol. The average molecular weight is 194 g/mol. The van der Waals surface area contributed by atoms with Crippen LogP contribution in [-0.2, 0) is 6.54 Å². The van der Waals surface area contributed by atoms with Gasteiger partial charge in [-0.15, -0.1) is 0 Å². The lowest BCUT2D eigenvalue weighted by Crippen LogP contribution is -2.34. The molecular weight excluding hydrogens is 176 g/mol. The summed E-state index contributed by atoms with van der Waals surface area (Å²) >= 11 is 0. The predicted molar refractivity (Wildman–Crippen MR) is 55.1 cm³/mol. The molecule has 0 bridgehead atoms. The van der Waals surface area contributed by atoms with Gasteiger partial charge in [-0.3, -0.25) is 0 Å². The van der Waals surface area contributed by atoms with E-state index in [2.05, 4.69) is 30.4 Å². The van der Waals surface area contributed by atoms with Gasteiger partial charge in [0.1, 0.15) is 0 Å². The molecule has 1 fully saturated rings. The smallest absolute Gasteiger partial charge is 0.150 e. The molecule has 1 aliphatic rings. The molecule has 78 valence electrons. The molecule has 0 saturated heterocycles. The Hall–Kier alpha value is -0.830. The van der Waals surface area contributed by atoms with Crippen molar-refractivity contribution in [1.82, 2.24) is 10.5 Å². The maximum atomic E-state index is 5.23. The molecule has 0 amide bonds. The molecule has 1 aromatic rings. The van der Waals surface area contributed by atoms with Crippen LogP contribution in [0.4, 0.5) is 0 Å². The third-order valence-electron chi connectivity index (χ3n) is 2.84. The molecule has 0 radical (unpaired) electrons. The summed E-state index contributed by atoms with van der Waals surface area (Å²) in [5.74, 6) is 1.41. The maximum absolute atomic E-state index is 5.23. The van der Waals surface area contributed by atoms with E-state index < -0.39 is 0 Å². The summed E-state index contributed by atoms with van der Waals surface area (Å²) in [4.78, 5) is 0. The lowest BCUT2D eigenvalue weighted by Gasteiger charge is -2.25. The molecule has 1 N–H and O–H groups in total. The third kappa shape index (κ3) is 2.15. The van der Waals surface area contributed by atoms with E-state index in [-0.39, 0.29) is 0 Å². The van der Waals surface area contributed by atoms with Crippen LogP contribution in [0.2, 0.25) is 0 Å². The van der Waals surface area contributed by atoms with Crippen molar-refractivity contribution in [2.45, 2.75) is 51.6 Å². The molecule has 1 aromatic heterocycles. The highest BCUT2D eigenvalue weighted by Crippen LogP contribution is 2.19. The normalized spacial score (nSPS) is 17.4. The van der Waals surface area contributed by atoms with Crippen molar-refractivity contribution in [1.29, 1.82) is 0 Å². The number of hydrogen-bond acceptors (Lipinski definition) is 3. The zero-order chi connectivity index (χ0) is 9.97. The topological polar surface area (TPSA) is 38.1 Å². The van der Waals surface area contributed by atoms with Gasteiger partial charge in [0, 0.05) is 12.1 Å². The fourth-order valence-corrected chi connectivity index (χ4v) is 1.54. The van der Waals surface area contributed by atoms with Gasteiger partial charge in [0.15, 0.2) is 5.76 Å². The van der Waals surface area contributed by atoms with Crippen molar-refractivity contribution in [3.8, 4) is 0 Å². The van der Waals surface area contributed by atoms with Gasteiger partial charge in [-0.25, -0.2) is 0 Å². The minimum Gasteiger partial charge on any atom is -0.360 e. The molecule has 0 atom stereocenters. The lowest BCUT2D eigenvalue weighted by atomic mass is 9.93. The zero-order valence-corrected chi connectivity index (χ0v) is 8.92. The summed E-state index contributed by atoms with van der Waals surface area (Å²) in [5.41, 5.74) is 1.05. The Morgan fingerprint density at radius 1 is 1.57 bits per heavy atom. The van der Waals surface area contributed by atoms with Crippen LogP contribution in [0.15, 0.2) is 10.6 Å². The third-order valence-corrected chi connectivity index (χ3v) is 2.84. The first-order chi connectivity index (χ1) is 6.75. The summed E-state index contributed by atoms with van der Waals surface area (Å²) in [5, 5.41) is 7.48. The van der Waals surface area contributed by atoms with Gasteiger partial charge in [0.05, 0.1) is 12.2 Å². The largest absolute Gasteiger partial charge is 0.360 e. The summed E-state index contributed by atoms with van der Waals surface area (Å²) in [6.45, 7) is 5.08. The summed E-state index contributed by atoms with van der Waals surface area (Å²) < 4.78 is 5.23. The minimum atomic E-state index is 0.455. The highest BCUT2D eigenvalue weighted by molar-refractivity contribution is 5.08. The summed E-state index contributed by atoms with van der Waals surface area (Å²) in [6, 6.07) is 2.76. The standard InChI is InChI=1S/C11H18N2O/c1-8(2)11-6-10(14-13-11)7-12-9-4-3-5-9/h6,8-9,12H,3-5,7H2,1-2H3. The predicted octanol–water partition coefficient (Wildman–Crippen LogP) is 2.44. The van der Waals surface area contributed by atoms with E-state index in [1.807, 2.05) is 0 Å². The molecule has 1 heterocycles. The van der Waals surface area contributed by atoms with Crippen LogP contribution in [-0.4, -0.2) is 11.2 Å². The second kappa shape index (κ2) is 4.13. The molecule has 0 aliphatic heterocycles. The fourth-order valence-electron chi connectivity index (χ4n) is 1.54. The molecule has 0 spiro atoms. The van der Waals surface area contributed by atoms with Gasteiger partial charge >= 0.3 is 0 Å². The van der Waals surface area contributed by atoms with Gasteiger partial charge in [0.25, 0.3) is 0 Å². The Morgan fingerprint density at radius 3 is 2.86 bits per heavy atom. The Labute approximate surface area is 84.9 Å². The quantitative estimate of drug-likeness (QED) is 0.800. The Balaban J connectivity index is 1.83. The molecule has 14 heavy (non-hydrogen) atoms. The molecule has 3 heteroatoms. The van der Waals surface area contributed by atoms with Crippen molar-refractivity contribution in [3.63, 3.8) is 0 Å². The Bertz CT molecular complexity index is 289. The second-order valence-corrected chi connectivity index (χ2v) is 4.38. The lowest BCUT2D eigenvalue weighted by molar-refractivity contribution is 0.307. The van der Waals surface area contributed by atoms with Crippen molar-refractivity contribution in [2.75, 3.05) is 0 Å². The van der Waals surface area contributed by atoms with Gasteiger partial charge < -0.3 is 9.84 Å². The van der Waals surface area contributed by atoms with E-state index in [9.17, 15) is 0 Å². The first kappa shape index (κ1) is 9.71. The van der Waals surface area contributed by atoms with Crippen LogP contribution >= 0.6 is 0 Å². The van der Waals surface area contributed by atoms with E-state index in [1.165, 1.54) is 19.3 Å². The number of nitrogens with one attached hydrogen (secondary N) is 1. The SMILES string of the molecule is CC(C)c1cc(CNC2CCC2)on1. The average Bonchev–Trinajstić information content (AvgIpc) is 2.50. The van der Waals surface area contributed by atoms with Crippen molar-refractivity contribution >= 4 is 0 Å². The highest BCUT2D eigenvalue weighted by atomic mass is 16.5. The van der Waals surface area contributed by atoms with Crippen LogP contribution in [0, 0.1) is 0 Å². The molecule has 1 aliphatic carbocycles. The van der Waals surface area contributed by atoms with Crippen LogP contribution in [0.1, 0.15) is 50.5 Å². The molecule has 0 unspecified atom stereocenters. The van der Waals surface area contributed by atoms with Gasteiger partial charge in [-0.05, 0) is 18.8 Å². The van der Waals surface area contributed by atoms with Crippen molar-refractivity contribution in [2.24, 2.45) is 0 Å². The van der Waals surface area contributed by atoms with Gasteiger partial charge in [-0.2, -0.15) is 0 Å². The van der Waals surface area contributed by atoms with E-state index in [0.717, 1.165) is 18.0 Å². The number of hydrogen-bond donors (Lipinski definition) is 1. The number of nitrogens with zero attached hydrogens (tertiary/aromatic N) is 1. The molecule has 3 nitrogen and oxygen atoms in total.